The van der Waals surface area contributed by atoms with Crippen LogP contribution in [0, 0.1) is 5.92 Å². The molecule has 96 valence electrons. The first-order valence-corrected chi connectivity index (χ1v) is 5.75. The van der Waals surface area contributed by atoms with Crippen LogP contribution in [0.2, 0.25) is 0 Å². The highest BCUT2D eigenvalue weighted by Crippen LogP contribution is 2.32. The third kappa shape index (κ3) is 2.30. The number of aliphatic carboxylic acids is 1. The van der Waals surface area contributed by atoms with Crippen molar-refractivity contribution in [3.63, 3.8) is 0 Å². The minimum atomic E-state index is -1.14. The van der Waals surface area contributed by atoms with Crippen molar-refractivity contribution in [2.45, 2.75) is 12.8 Å². The number of carbonyl (C=O) groups excluding carboxylic acids is 1. The summed E-state index contributed by atoms with van der Waals surface area (Å²) in [6.07, 6.45) is 0. The van der Waals surface area contributed by atoms with E-state index in [1.165, 1.54) is 0 Å². The van der Waals surface area contributed by atoms with E-state index in [0.717, 1.165) is 11.3 Å². The maximum absolute atomic E-state index is 11.3. The van der Waals surface area contributed by atoms with Crippen LogP contribution in [-0.4, -0.2) is 30.3 Å². The van der Waals surface area contributed by atoms with Crippen LogP contribution < -0.4 is 4.74 Å². The second-order valence-electron chi connectivity index (χ2n) is 4.05. The van der Waals surface area contributed by atoms with E-state index in [0.29, 0.717) is 6.61 Å². The topological polar surface area (TPSA) is 72.8 Å². The van der Waals surface area contributed by atoms with Crippen LogP contribution >= 0.6 is 0 Å². The fourth-order valence-electron chi connectivity index (χ4n) is 2.06. The Balaban J connectivity index is 2.20. The molecule has 1 aliphatic heterocycles. The molecule has 0 amide bonds. The van der Waals surface area contributed by atoms with Crippen molar-refractivity contribution in [1.29, 1.82) is 0 Å². The number of hydrogen-bond donors (Lipinski definition) is 1. The quantitative estimate of drug-likeness (QED) is 0.646. The number of esters is 1. The SMILES string of the molecule is CCOc1ccc([C@H]2COC(=O)[C@@H]2C(=O)O)cc1. The maximum Gasteiger partial charge on any atom is 0.321 e. The van der Waals surface area contributed by atoms with E-state index >= 15 is 0 Å². The Morgan fingerprint density at radius 3 is 2.67 bits per heavy atom. The lowest BCUT2D eigenvalue weighted by molar-refractivity contribution is -0.152. The van der Waals surface area contributed by atoms with Gasteiger partial charge in [0.25, 0.3) is 0 Å². The molecule has 1 heterocycles. The van der Waals surface area contributed by atoms with Gasteiger partial charge in [-0.15, -0.1) is 0 Å². The van der Waals surface area contributed by atoms with Crippen LogP contribution in [0.4, 0.5) is 0 Å². The summed E-state index contributed by atoms with van der Waals surface area (Å²) >= 11 is 0. The standard InChI is InChI=1S/C13H14O5/c1-2-17-9-5-3-8(4-6-9)10-7-18-13(16)11(10)12(14)15/h3-6,10-11H,2,7H2,1H3,(H,14,15)/t10-,11+/m1/s1. The van der Waals surface area contributed by atoms with E-state index < -0.39 is 23.8 Å². The molecule has 0 spiro atoms. The van der Waals surface area contributed by atoms with Crippen LogP contribution in [0.15, 0.2) is 24.3 Å². The molecule has 5 nitrogen and oxygen atoms in total. The summed E-state index contributed by atoms with van der Waals surface area (Å²) in [6, 6.07) is 7.07. The Morgan fingerprint density at radius 1 is 1.44 bits per heavy atom. The number of benzene rings is 1. The van der Waals surface area contributed by atoms with Crippen LogP contribution in [0.3, 0.4) is 0 Å². The largest absolute Gasteiger partial charge is 0.494 e. The average Bonchev–Trinajstić information content (AvgIpc) is 2.73. The molecule has 5 heteroatoms. The molecule has 1 aromatic carbocycles. The summed E-state index contributed by atoms with van der Waals surface area (Å²) in [7, 11) is 0. The minimum absolute atomic E-state index is 0.115. The lowest BCUT2D eigenvalue weighted by Gasteiger charge is -2.12. The molecule has 1 fully saturated rings. The first kappa shape index (κ1) is 12.4. The van der Waals surface area contributed by atoms with Gasteiger partial charge in [0, 0.05) is 5.92 Å². The second kappa shape index (κ2) is 5.08. The lowest BCUT2D eigenvalue weighted by atomic mass is 9.88. The van der Waals surface area contributed by atoms with E-state index in [-0.39, 0.29) is 6.61 Å². The van der Waals surface area contributed by atoms with E-state index in [1.807, 2.05) is 6.92 Å². The summed E-state index contributed by atoms with van der Waals surface area (Å²) in [5.41, 5.74) is 0.775. The van der Waals surface area contributed by atoms with E-state index in [4.69, 9.17) is 14.6 Å². The van der Waals surface area contributed by atoms with Crippen molar-refractivity contribution in [3.05, 3.63) is 29.8 Å². The van der Waals surface area contributed by atoms with Crippen LogP contribution in [0.5, 0.6) is 5.75 Å². The predicted molar refractivity (Wildman–Crippen MR) is 62.4 cm³/mol. The number of hydrogen-bond acceptors (Lipinski definition) is 4. The molecule has 1 N–H and O–H groups in total. The van der Waals surface area contributed by atoms with Gasteiger partial charge in [0.05, 0.1) is 13.2 Å². The number of cyclic esters (lactones) is 1. The van der Waals surface area contributed by atoms with E-state index in [9.17, 15) is 9.59 Å². The van der Waals surface area contributed by atoms with Crippen molar-refractivity contribution in [3.8, 4) is 5.75 Å². The van der Waals surface area contributed by atoms with Gasteiger partial charge in [-0.05, 0) is 24.6 Å². The van der Waals surface area contributed by atoms with Crippen molar-refractivity contribution in [1.82, 2.24) is 0 Å². The number of carbonyl (C=O) groups is 2. The van der Waals surface area contributed by atoms with Crippen LogP contribution in [0.25, 0.3) is 0 Å². The normalized spacial score (nSPS) is 22.6. The summed E-state index contributed by atoms with van der Waals surface area (Å²) in [5, 5.41) is 9.03. The maximum atomic E-state index is 11.3. The van der Waals surface area contributed by atoms with Gasteiger partial charge in [-0.3, -0.25) is 9.59 Å². The highest BCUT2D eigenvalue weighted by molar-refractivity contribution is 5.96. The molecular weight excluding hydrogens is 236 g/mol. The Morgan fingerprint density at radius 2 is 2.11 bits per heavy atom. The number of carboxylic acid groups (broad SMARTS) is 1. The molecule has 0 aliphatic carbocycles. The zero-order chi connectivity index (χ0) is 13.1. The summed E-state index contributed by atoms with van der Waals surface area (Å²) in [5.74, 6) is -2.62. The Kier molecular flexibility index (Phi) is 3.50. The fraction of sp³-hybridized carbons (Fsp3) is 0.385. The van der Waals surface area contributed by atoms with Gasteiger partial charge in [0.2, 0.25) is 0 Å². The minimum Gasteiger partial charge on any atom is -0.494 e. The Bertz CT molecular complexity index is 451. The zero-order valence-electron chi connectivity index (χ0n) is 9.96. The second-order valence-corrected chi connectivity index (χ2v) is 4.05. The molecule has 0 bridgehead atoms. The van der Waals surface area contributed by atoms with Crippen LogP contribution in [-0.2, 0) is 14.3 Å². The molecule has 0 aromatic heterocycles. The molecule has 1 saturated heterocycles. The van der Waals surface area contributed by atoms with Crippen molar-refractivity contribution in [2.24, 2.45) is 5.92 Å². The van der Waals surface area contributed by atoms with Gasteiger partial charge in [-0.1, -0.05) is 12.1 Å². The lowest BCUT2D eigenvalue weighted by Crippen LogP contribution is -2.24. The third-order valence-corrected chi connectivity index (χ3v) is 2.95. The Labute approximate surface area is 104 Å². The summed E-state index contributed by atoms with van der Waals surface area (Å²) in [4.78, 5) is 22.4. The molecule has 0 unspecified atom stereocenters. The van der Waals surface area contributed by atoms with Gasteiger partial charge in [0.15, 0.2) is 5.92 Å². The summed E-state index contributed by atoms with van der Waals surface area (Å²) < 4.78 is 10.1. The van der Waals surface area contributed by atoms with Crippen molar-refractivity contribution < 1.29 is 24.2 Å². The van der Waals surface area contributed by atoms with Crippen molar-refractivity contribution >= 4 is 11.9 Å². The number of ether oxygens (including phenoxy) is 2. The highest BCUT2D eigenvalue weighted by atomic mass is 16.5. The molecule has 2 rings (SSSR count). The van der Waals surface area contributed by atoms with Crippen molar-refractivity contribution in [2.75, 3.05) is 13.2 Å². The molecule has 1 aromatic rings. The first-order valence-electron chi connectivity index (χ1n) is 5.75. The first-order chi connectivity index (χ1) is 8.63. The average molecular weight is 250 g/mol. The van der Waals surface area contributed by atoms with E-state index in [1.54, 1.807) is 24.3 Å². The van der Waals surface area contributed by atoms with Crippen LogP contribution in [0.1, 0.15) is 18.4 Å². The number of rotatable bonds is 4. The highest BCUT2D eigenvalue weighted by Gasteiger charge is 2.43. The van der Waals surface area contributed by atoms with Gasteiger partial charge >= 0.3 is 11.9 Å². The van der Waals surface area contributed by atoms with Gasteiger partial charge in [0.1, 0.15) is 5.75 Å². The van der Waals surface area contributed by atoms with Gasteiger partial charge in [-0.25, -0.2) is 0 Å². The fourth-order valence-corrected chi connectivity index (χ4v) is 2.06. The molecule has 18 heavy (non-hydrogen) atoms. The predicted octanol–water partition coefficient (Wildman–Crippen LogP) is 1.43. The monoisotopic (exact) mass is 250 g/mol. The smallest absolute Gasteiger partial charge is 0.321 e. The zero-order valence-corrected chi connectivity index (χ0v) is 9.96. The molecule has 0 radical (unpaired) electrons. The van der Waals surface area contributed by atoms with Gasteiger partial charge in [-0.2, -0.15) is 0 Å². The van der Waals surface area contributed by atoms with E-state index in [2.05, 4.69) is 0 Å². The molecule has 0 saturated carbocycles. The third-order valence-electron chi connectivity index (χ3n) is 2.95. The molecular formula is C13H14O5. The number of carboxylic acids is 1. The summed E-state index contributed by atoms with van der Waals surface area (Å²) in [6.45, 7) is 2.57. The molecule has 2 atom stereocenters. The van der Waals surface area contributed by atoms with Gasteiger partial charge < -0.3 is 14.6 Å². The molecule has 1 aliphatic rings. The Hall–Kier alpha value is -2.04.